The molecule has 0 radical (unpaired) electrons. The number of hydrogen-bond donors (Lipinski definition) is 1. The van der Waals surface area contributed by atoms with E-state index in [0.717, 1.165) is 5.56 Å². The Morgan fingerprint density at radius 3 is 2.52 bits per heavy atom. The summed E-state index contributed by atoms with van der Waals surface area (Å²) >= 11 is 0. The number of hydrogen-bond acceptors (Lipinski definition) is 5. The molecule has 0 spiro atoms. The van der Waals surface area contributed by atoms with E-state index in [1.807, 2.05) is 19.1 Å². The molecule has 6 heteroatoms. The largest absolute Gasteiger partial charge is 0.484 e. The Balaban J connectivity index is 2.33. The van der Waals surface area contributed by atoms with E-state index in [0.29, 0.717) is 18.1 Å². The number of carbonyl (C=O) groups excluding carboxylic acids is 2. The summed E-state index contributed by atoms with van der Waals surface area (Å²) in [6.07, 6.45) is 0.0486. The first-order valence-electron chi connectivity index (χ1n) is 6.68. The Morgan fingerprint density at radius 1 is 1.24 bits per heavy atom. The number of hydrazone groups is 1. The molecule has 21 heavy (non-hydrogen) atoms. The normalized spacial score (nSPS) is 10.9. The molecule has 0 heterocycles. The van der Waals surface area contributed by atoms with E-state index in [4.69, 9.17) is 9.47 Å². The molecule has 114 valence electrons. The zero-order chi connectivity index (χ0) is 15.7. The lowest BCUT2D eigenvalue weighted by atomic mass is 10.2. The SMILES string of the molecule is CCOC(=O)C/C(C)=N\NC(=O)COc1ccc(C)cc1. The fourth-order valence-electron chi connectivity index (χ4n) is 1.43. The predicted molar refractivity (Wildman–Crippen MR) is 79.2 cm³/mol. The Kier molecular flexibility index (Phi) is 6.94. The lowest BCUT2D eigenvalue weighted by Gasteiger charge is -2.06. The molecular formula is C15H20N2O4. The third kappa shape index (κ3) is 7.10. The van der Waals surface area contributed by atoms with Gasteiger partial charge < -0.3 is 9.47 Å². The molecule has 1 aromatic carbocycles. The predicted octanol–water partition coefficient (Wildman–Crippen LogP) is 1.82. The molecule has 0 unspecified atom stereocenters. The molecule has 0 saturated carbocycles. The Morgan fingerprint density at radius 2 is 1.90 bits per heavy atom. The van der Waals surface area contributed by atoms with E-state index in [1.54, 1.807) is 26.0 Å². The van der Waals surface area contributed by atoms with Gasteiger partial charge in [-0.3, -0.25) is 9.59 Å². The van der Waals surface area contributed by atoms with E-state index >= 15 is 0 Å². The maximum Gasteiger partial charge on any atom is 0.311 e. The second-order valence-corrected chi connectivity index (χ2v) is 4.47. The highest BCUT2D eigenvalue weighted by Crippen LogP contribution is 2.10. The second kappa shape index (κ2) is 8.73. The average molecular weight is 292 g/mol. The smallest absolute Gasteiger partial charge is 0.311 e. The van der Waals surface area contributed by atoms with Crippen molar-refractivity contribution in [3.05, 3.63) is 29.8 Å². The monoisotopic (exact) mass is 292 g/mol. The molecule has 0 saturated heterocycles. The summed E-state index contributed by atoms with van der Waals surface area (Å²) in [6.45, 7) is 5.52. The third-order valence-corrected chi connectivity index (χ3v) is 2.47. The number of benzene rings is 1. The van der Waals surface area contributed by atoms with Crippen molar-refractivity contribution in [1.29, 1.82) is 0 Å². The Labute approximate surface area is 124 Å². The molecule has 0 fully saturated rings. The van der Waals surface area contributed by atoms with Crippen LogP contribution in [0.25, 0.3) is 0 Å². The van der Waals surface area contributed by atoms with Crippen molar-refractivity contribution >= 4 is 17.6 Å². The fraction of sp³-hybridized carbons (Fsp3) is 0.400. The number of esters is 1. The van der Waals surface area contributed by atoms with E-state index in [9.17, 15) is 9.59 Å². The highest BCUT2D eigenvalue weighted by Gasteiger charge is 2.05. The van der Waals surface area contributed by atoms with Crippen molar-refractivity contribution in [2.24, 2.45) is 5.10 Å². The number of carbonyl (C=O) groups is 2. The van der Waals surface area contributed by atoms with Crippen LogP contribution in [0.5, 0.6) is 5.75 Å². The topological polar surface area (TPSA) is 77.0 Å². The number of ether oxygens (including phenoxy) is 2. The van der Waals surface area contributed by atoms with Crippen LogP contribution >= 0.6 is 0 Å². The molecule has 1 aromatic rings. The van der Waals surface area contributed by atoms with Gasteiger partial charge in [0.2, 0.25) is 0 Å². The first kappa shape index (κ1) is 16.7. The van der Waals surface area contributed by atoms with Gasteiger partial charge in [-0.15, -0.1) is 0 Å². The van der Waals surface area contributed by atoms with E-state index in [1.165, 1.54) is 0 Å². The molecule has 1 rings (SSSR count). The molecule has 0 aliphatic rings. The van der Waals surface area contributed by atoms with Crippen LogP contribution < -0.4 is 10.2 Å². The molecule has 6 nitrogen and oxygen atoms in total. The van der Waals surface area contributed by atoms with Crippen LogP contribution in [0.15, 0.2) is 29.4 Å². The summed E-state index contributed by atoms with van der Waals surface area (Å²) in [5, 5.41) is 3.81. The van der Waals surface area contributed by atoms with Gasteiger partial charge in [-0.2, -0.15) is 5.10 Å². The van der Waals surface area contributed by atoms with Crippen LogP contribution in [0.3, 0.4) is 0 Å². The van der Waals surface area contributed by atoms with E-state index < -0.39 is 5.91 Å². The zero-order valence-corrected chi connectivity index (χ0v) is 12.5. The summed E-state index contributed by atoms with van der Waals surface area (Å²) in [4.78, 5) is 22.7. The standard InChI is InChI=1S/C15H20N2O4/c1-4-20-15(19)9-12(3)16-17-14(18)10-21-13-7-5-11(2)6-8-13/h5-8H,4,9-10H2,1-3H3,(H,17,18)/b16-12-. The third-order valence-electron chi connectivity index (χ3n) is 2.47. The van der Waals surface area contributed by atoms with Crippen LogP contribution in [0.2, 0.25) is 0 Å². The minimum atomic E-state index is -0.390. The molecule has 0 aromatic heterocycles. The van der Waals surface area contributed by atoms with E-state index in [2.05, 4.69) is 10.5 Å². The maximum absolute atomic E-state index is 11.5. The molecule has 1 N–H and O–H groups in total. The molecule has 0 aliphatic carbocycles. The molecule has 0 atom stereocenters. The number of rotatable bonds is 7. The number of aryl methyl sites for hydroxylation is 1. The van der Waals surface area contributed by atoms with Crippen LogP contribution in [-0.4, -0.2) is 30.8 Å². The van der Waals surface area contributed by atoms with Gasteiger partial charge >= 0.3 is 5.97 Å². The summed E-state index contributed by atoms with van der Waals surface area (Å²) in [6, 6.07) is 7.37. The van der Waals surface area contributed by atoms with Crippen LogP contribution in [-0.2, 0) is 14.3 Å². The van der Waals surface area contributed by atoms with Gasteiger partial charge in [-0.25, -0.2) is 5.43 Å². The van der Waals surface area contributed by atoms with Gasteiger partial charge in [-0.1, -0.05) is 17.7 Å². The first-order valence-corrected chi connectivity index (χ1v) is 6.68. The van der Waals surface area contributed by atoms with Crippen molar-refractivity contribution in [3.8, 4) is 5.75 Å². The highest BCUT2D eigenvalue weighted by molar-refractivity contribution is 5.98. The van der Waals surface area contributed by atoms with Crippen LogP contribution in [0, 0.1) is 6.92 Å². The molecular weight excluding hydrogens is 272 g/mol. The summed E-state index contributed by atoms with van der Waals surface area (Å²) in [5.41, 5.74) is 3.91. The van der Waals surface area contributed by atoms with Gasteiger partial charge in [0.1, 0.15) is 5.75 Å². The lowest BCUT2D eigenvalue weighted by Crippen LogP contribution is -2.26. The van der Waals surface area contributed by atoms with Crippen molar-refractivity contribution in [1.82, 2.24) is 5.43 Å². The molecule has 1 amide bonds. The number of nitrogens with one attached hydrogen (secondary N) is 1. The average Bonchev–Trinajstić information content (AvgIpc) is 2.44. The second-order valence-electron chi connectivity index (χ2n) is 4.47. The summed E-state index contributed by atoms with van der Waals surface area (Å²) < 4.78 is 10.1. The van der Waals surface area contributed by atoms with Crippen molar-refractivity contribution < 1.29 is 19.1 Å². The quantitative estimate of drug-likeness (QED) is 0.472. The zero-order valence-electron chi connectivity index (χ0n) is 12.5. The van der Waals surface area contributed by atoms with Crippen LogP contribution in [0.1, 0.15) is 25.8 Å². The Hall–Kier alpha value is -2.37. The van der Waals surface area contributed by atoms with Gasteiger partial charge in [0.15, 0.2) is 6.61 Å². The number of nitrogens with zero attached hydrogens (tertiary/aromatic N) is 1. The Bertz CT molecular complexity index is 509. The van der Waals surface area contributed by atoms with Gasteiger partial charge in [-0.05, 0) is 32.9 Å². The van der Waals surface area contributed by atoms with Crippen molar-refractivity contribution in [3.63, 3.8) is 0 Å². The summed E-state index contributed by atoms with van der Waals surface area (Å²) in [7, 11) is 0. The van der Waals surface area contributed by atoms with Gasteiger partial charge in [0, 0.05) is 5.71 Å². The van der Waals surface area contributed by atoms with Crippen LogP contribution in [0.4, 0.5) is 0 Å². The summed E-state index contributed by atoms with van der Waals surface area (Å²) in [5.74, 6) is -0.148. The van der Waals surface area contributed by atoms with Gasteiger partial charge in [0.25, 0.3) is 5.91 Å². The molecule has 0 bridgehead atoms. The minimum absolute atomic E-state index is 0.0486. The maximum atomic E-state index is 11.5. The van der Waals surface area contributed by atoms with E-state index in [-0.39, 0.29) is 19.0 Å². The van der Waals surface area contributed by atoms with Crippen molar-refractivity contribution in [2.75, 3.05) is 13.2 Å². The van der Waals surface area contributed by atoms with Crippen molar-refractivity contribution in [2.45, 2.75) is 27.2 Å². The van der Waals surface area contributed by atoms with Gasteiger partial charge in [0.05, 0.1) is 13.0 Å². The number of amides is 1. The first-order chi connectivity index (χ1) is 10.0. The lowest BCUT2D eigenvalue weighted by molar-refractivity contribution is -0.141. The minimum Gasteiger partial charge on any atom is -0.484 e. The highest BCUT2D eigenvalue weighted by atomic mass is 16.5. The molecule has 0 aliphatic heterocycles. The fourth-order valence-corrected chi connectivity index (χ4v) is 1.43.